The molecule has 29 heavy (non-hydrogen) atoms. The molecule has 1 heterocycles. The Morgan fingerprint density at radius 1 is 1.14 bits per heavy atom. The van der Waals surface area contributed by atoms with Crippen LogP contribution in [0.15, 0.2) is 48.0 Å². The van der Waals surface area contributed by atoms with Gasteiger partial charge < -0.3 is 24.8 Å². The fraction of sp³-hybridized carbons (Fsp3) is 0.348. The molecule has 1 unspecified atom stereocenters. The summed E-state index contributed by atoms with van der Waals surface area (Å²) in [6.45, 7) is 4.03. The molecular formula is C23H28N2O4. The van der Waals surface area contributed by atoms with Crippen molar-refractivity contribution in [2.24, 2.45) is 0 Å². The lowest BCUT2D eigenvalue weighted by molar-refractivity contribution is -0.117. The van der Waals surface area contributed by atoms with E-state index in [0.29, 0.717) is 23.6 Å². The van der Waals surface area contributed by atoms with Crippen LogP contribution in [-0.4, -0.2) is 39.3 Å². The van der Waals surface area contributed by atoms with E-state index < -0.39 is 0 Å². The van der Waals surface area contributed by atoms with E-state index in [1.807, 2.05) is 48.5 Å². The molecule has 0 aromatic heterocycles. The summed E-state index contributed by atoms with van der Waals surface area (Å²) in [5.74, 6) is 1.97. The molecule has 6 heteroatoms. The molecule has 0 aliphatic carbocycles. The van der Waals surface area contributed by atoms with Crippen molar-refractivity contribution in [1.82, 2.24) is 10.6 Å². The maximum Gasteiger partial charge on any atom is 0.247 e. The van der Waals surface area contributed by atoms with E-state index in [4.69, 9.17) is 14.2 Å². The number of ether oxygens (including phenoxy) is 3. The quantitative estimate of drug-likeness (QED) is 0.671. The summed E-state index contributed by atoms with van der Waals surface area (Å²) in [6, 6.07) is 13.4. The van der Waals surface area contributed by atoms with Crippen molar-refractivity contribution in [2.45, 2.75) is 26.0 Å². The van der Waals surface area contributed by atoms with Crippen molar-refractivity contribution in [3.8, 4) is 17.2 Å². The zero-order chi connectivity index (χ0) is 20.6. The minimum absolute atomic E-state index is 0.128. The van der Waals surface area contributed by atoms with Gasteiger partial charge >= 0.3 is 0 Å². The SMILES string of the molecule is COc1ccc(/C=C(\C)C(=O)NCc2ccccc2OC2CCNC2)cc1OC. The largest absolute Gasteiger partial charge is 0.493 e. The zero-order valence-electron chi connectivity index (χ0n) is 17.2. The lowest BCUT2D eigenvalue weighted by atomic mass is 10.1. The van der Waals surface area contributed by atoms with E-state index in [0.717, 1.165) is 36.4 Å². The van der Waals surface area contributed by atoms with Gasteiger partial charge in [-0.05, 0) is 49.7 Å². The standard InChI is InChI=1S/C23H28N2O4/c1-16(12-17-8-9-21(27-2)22(13-17)28-3)23(26)25-14-18-6-4-5-7-20(18)29-19-10-11-24-15-19/h4-9,12-13,19,24H,10-11,14-15H2,1-3H3,(H,25,26)/b16-12+. The Morgan fingerprint density at radius 2 is 1.93 bits per heavy atom. The van der Waals surface area contributed by atoms with Gasteiger partial charge in [-0.2, -0.15) is 0 Å². The highest BCUT2D eigenvalue weighted by Gasteiger charge is 2.17. The molecule has 0 spiro atoms. The topological polar surface area (TPSA) is 68.8 Å². The summed E-state index contributed by atoms with van der Waals surface area (Å²) in [5, 5.41) is 6.27. The summed E-state index contributed by atoms with van der Waals surface area (Å²) < 4.78 is 16.7. The maximum atomic E-state index is 12.6. The zero-order valence-corrected chi connectivity index (χ0v) is 17.2. The summed E-state index contributed by atoms with van der Waals surface area (Å²) in [4.78, 5) is 12.6. The smallest absolute Gasteiger partial charge is 0.247 e. The van der Waals surface area contributed by atoms with Crippen molar-refractivity contribution >= 4 is 12.0 Å². The fourth-order valence-corrected chi connectivity index (χ4v) is 3.25. The molecule has 0 saturated carbocycles. The third-order valence-corrected chi connectivity index (χ3v) is 4.87. The fourth-order valence-electron chi connectivity index (χ4n) is 3.25. The van der Waals surface area contributed by atoms with Gasteiger partial charge in [0, 0.05) is 24.2 Å². The second-order valence-corrected chi connectivity index (χ2v) is 6.96. The highest BCUT2D eigenvalue weighted by Crippen LogP contribution is 2.28. The Balaban J connectivity index is 1.64. The van der Waals surface area contributed by atoms with Crippen LogP contribution in [0.3, 0.4) is 0 Å². The monoisotopic (exact) mass is 396 g/mol. The first-order valence-electron chi connectivity index (χ1n) is 9.74. The number of methoxy groups -OCH3 is 2. The molecule has 6 nitrogen and oxygen atoms in total. The molecule has 0 bridgehead atoms. The highest BCUT2D eigenvalue weighted by atomic mass is 16.5. The van der Waals surface area contributed by atoms with Crippen LogP contribution in [0.25, 0.3) is 6.08 Å². The number of hydrogen-bond donors (Lipinski definition) is 2. The Kier molecular flexibility index (Phi) is 7.14. The molecule has 1 aliphatic rings. The van der Waals surface area contributed by atoms with Gasteiger partial charge in [-0.3, -0.25) is 4.79 Å². The Morgan fingerprint density at radius 3 is 2.66 bits per heavy atom. The lowest BCUT2D eigenvalue weighted by Crippen LogP contribution is -2.25. The molecule has 3 rings (SSSR count). The predicted octanol–water partition coefficient (Wildman–Crippen LogP) is 3.16. The van der Waals surface area contributed by atoms with Gasteiger partial charge in [-0.15, -0.1) is 0 Å². The average molecular weight is 396 g/mol. The number of carbonyl (C=O) groups excluding carboxylic acids is 1. The summed E-state index contributed by atoms with van der Waals surface area (Å²) in [6.07, 6.45) is 3.00. The Labute approximate surface area is 171 Å². The van der Waals surface area contributed by atoms with E-state index in [1.165, 1.54) is 0 Å². The van der Waals surface area contributed by atoms with Crippen LogP contribution in [-0.2, 0) is 11.3 Å². The number of nitrogens with one attached hydrogen (secondary N) is 2. The molecular weight excluding hydrogens is 368 g/mol. The van der Waals surface area contributed by atoms with Gasteiger partial charge in [0.1, 0.15) is 11.9 Å². The second-order valence-electron chi connectivity index (χ2n) is 6.96. The molecule has 2 aromatic carbocycles. The van der Waals surface area contributed by atoms with Gasteiger partial charge in [-0.1, -0.05) is 24.3 Å². The van der Waals surface area contributed by atoms with Crippen LogP contribution in [0, 0.1) is 0 Å². The number of amides is 1. The van der Waals surface area contributed by atoms with Crippen molar-refractivity contribution in [3.63, 3.8) is 0 Å². The molecule has 2 aromatic rings. The van der Waals surface area contributed by atoms with E-state index in [9.17, 15) is 4.79 Å². The molecule has 1 amide bonds. The van der Waals surface area contributed by atoms with Gasteiger partial charge in [0.15, 0.2) is 11.5 Å². The van der Waals surface area contributed by atoms with E-state index in [2.05, 4.69) is 10.6 Å². The summed E-state index contributed by atoms with van der Waals surface area (Å²) in [5.41, 5.74) is 2.44. The van der Waals surface area contributed by atoms with Crippen LogP contribution in [0.1, 0.15) is 24.5 Å². The Bertz CT molecular complexity index is 873. The first-order chi connectivity index (χ1) is 14.1. The molecule has 1 aliphatic heterocycles. The molecule has 2 N–H and O–H groups in total. The van der Waals surface area contributed by atoms with Crippen molar-refractivity contribution in [1.29, 1.82) is 0 Å². The van der Waals surface area contributed by atoms with Gasteiger partial charge in [-0.25, -0.2) is 0 Å². The van der Waals surface area contributed by atoms with Crippen LogP contribution in [0.2, 0.25) is 0 Å². The van der Waals surface area contributed by atoms with Crippen LogP contribution in [0.5, 0.6) is 17.2 Å². The number of benzene rings is 2. The highest BCUT2D eigenvalue weighted by molar-refractivity contribution is 5.97. The molecule has 154 valence electrons. The molecule has 1 saturated heterocycles. The normalized spacial score (nSPS) is 16.4. The second kappa shape index (κ2) is 9.98. The first kappa shape index (κ1) is 20.7. The van der Waals surface area contributed by atoms with E-state index in [1.54, 1.807) is 21.1 Å². The maximum absolute atomic E-state index is 12.6. The summed E-state index contributed by atoms with van der Waals surface area (Å²) in [7, 11) is 3.18. The lowest BCUT2D eigenvalue weighted by Gasteiger charge is -2.16. The number of carbonyl (C=O) groups is 1. The van der Waals surface area contributed by atoms with Crippen LogP contribution in [0.4, 0.5) is 0 Å². The number of para-hydroxylation sites is 1. The van der Waals surface area contributed by atoms with Gasteiger partial charge in [0.2, 0.25) is 5.91 Å². The molecule has 1 atom stereocenters. The third-order valence-electron chi connectivity index (χ3n) is 4.87. The van der Waals surface area contributed by atoms with Gasteiger partial charge in [0.25, 0.3) is 0 Å². The van der Waals surface area contributed by atoms with E-state index in [-0.39, 0.29) is 12.0 Å². The first-order valence-corrected chi connectivity index (χ1v) is 9.74. The van der Waals surface area contributed by atoms with Crippen LogP contribution < -0.4 is 24.8 Å². The van der Waals surface area contributed by atoms with Crippen molar-refractivity contribution in [3.05, 3.63) is 59.2 Å². The van der Waals surface area contributed by atoms with Crippen molar-refractivity contribution in [2.75, 3.05) is 27.3 Å². The van der Waals surface area contributed by atoms with Crippen molar-refractivity contribution < 1.29 is 19.0 Å². The predicted molar refractivity (Wildman–Crippen MR) is 113 cm³/mol. The van der Waals surface area contributed by atoms with Gasteiger partial charge in [0.05, 0.1) is 14.2 Å². The minimum atomic E-state index is -0.128. The average Bonchev–Trinajstić information content (AvgIpc) is 3.25. The number of hydrogen-bond acceptors (Lipinski definition) is 5. The molecule has 1 fully saturated rings. The Hall–Kier alpha value is -2.99. The number of rotatable bonds is 8. The molecule has 0 radical (unpaired) electrons. The minimum Gasteiger partial charge on any atom is -0.493 e. The third kappa shape index (κ3) is 5.51. The van der Waals surface area contributed by atoms with E-state index >= 15 is 0 Å². The summed E-state index contributed by atoms with van der Waals surface area (Å²) >= 11 is 0. The van der Waals surface area contributed by atoms with Crippen LogP contribution >= 0.6 is 0 Å².